The molecule has 0 aliphatic carbocycles. The molecule has 0 amide bonds. The number of likely N-dealkylation sites (N-methyl/N-ethyl adjacent to an activating group) is 1. The van der Waals surface area contributed by atoms with Gasteiger partial charge in [-0.3, -0.25) is 4.68 Å². The summed E-state index contributed by atoms with van der Waals surface area (Å²) in [6.45, 7) is 2.43. The monoisotopic (exact) mass is 353 g/mol. The highest BCUT2D eigenvalue weighted by Gasteiger charge is 2.14. The molecule has 4 aromatic rings. The molecule has 0 aliphatic rings. The fourth-order valence-corrected chi connectivity index (χ4v) is 3.39. The first kappa shape index (κ1) is 16.1. The average Bonchev–Trinajstić information content (AvgIpc) is 3.11. The van der Waals surface area contributed by atoms with Gasteiger partial charge < -0.3 is 9.47 Å². The molecule has 0 radical (unpaired) electrons. The zero-order valence-corrected chi connectivity index (χ0v) is 15.1. The second-order valence-corrected chi connectivity index (χ2v) is 6.80. The third-order valence-corrected chi connectivity index (χ3v) is 4.69. The standard InChI is InChI=1S/C19H20ClN5/c1-23(2)11-12-24-17-10-6-4-8-15(17)21-18(24)13-25-16-9-5-3-7-14(16)19(20)22-25/h3-10H,11-13H2,1-2H3. The van der Waals surface area contributed by atoms with Crippen LogP contribution in [0.2, 0.25) is 5.15 Å². The van der Waals surface area contributed by atoms with E-state index in [0.29, 0.717) is 11.7 Å². The van der Waals surface area contributed by atoms with Gasteiger partial charge in [-0.25, -0.2) is 4.98 Å². The Balaban J connectivity index is 1.78. The number of nitrogens with zero attached hydrogens (tertiary/aromatic N) is 5. The largest absolute Gasteiger partial charge is 0.325 e. The van der Waals surface area contributed by atoms with Gasteiger partial charge >= 0.3 is 0 Å². The Bertz CT molecular complexity index is 1030. The fourth-order valence-electron chi connectivity index (χ4n) is 3.14. The number of halogens is 1. The molecule has 4 rings (SSSR count). The number of rotatable bonds is 5. The molecule has 2 heterocycles. The molecule has 0 atom stereocenters. The van der Waals surface area contributed by atoms with Gasteiger partial charge in [0.05, 0.1) is 23.1 Å². The number of hydrogen-bond donors (Lipinski definition) is 0. The van der Waals surface area contributed by atoms with Crippen molar-refractivity contribution in [2.24, 2.45) is 0 Å². The molecular formula is C19H20ClN5. The lowest BCUT2D eigenvalue weighted by molar-refractivity contribution is 0.382. The van der Waals surface area contributed by atoms with E-state index in [9.17, 15) is 0 Å². The molecule has 0 bridgehead atoms. The summed E-state index contributed by atoms with van der Waals surface area (Å²) in [5, 5.41) is 6.02. The van der Waals surface area contributed by atoms with Crippen LogP contribution in [0, 0.1) is 0 Å². The maximum Gasteiger partial charge on any atom is 0.158 e. The van der Waals surface area contributed by atoms with E-state index in [1.54, 1.807) is 0 Å². The molecule has 2 aromatic heterocycles. The van der Waals surface area contributed by atoms with E-state index in [2.05, 4.69) is 46.9 Å². The van der Waals surface area contributed by atoms with Crippen molar-refractivity contribution in [3.05, 3.63) is 59.5 Å². The summed E-state index contributed by atoms with van der Waals surface area (Å²) in [5.74, 6) is 0.993. The number of benzene rings is 2. The quantitative estimate of drug-likeness (QED) is 0.549. The molecule has 0 N–H and O–H groups in total. The van der Waals surface area contributed by atoms with Gasteiger partial charge in [0, 0.05) is 18.5 Å². The summed E-state index contributed by atoms with van der Waals surface area (Å²) in [4.78, 5) is 7.02. The van der Waals surface area contributed by atoms with Crippen LogP contribution in [0.4, 0.5) is 0 Å². The number of aromatic nitrogens is 4. The first-order valence-electron chi connectivity index (χ1n) is 8.33. The van der Waals surface area contributed by atoms with Crippen molar-refractivity contribution >= 4 is 33.5 Å². The second kappa shape index (κ2) is 6.50. The minimum atomic E-state index is 0.534. The van der Waals surface area contributed by atoms with Crippen molar-refractivity contribution in [3.8, 4) is 0 Å². The molecule has 0 spiro atoms. The number of hydrogen-bond acceptors (Lipinski definition) is 3. The minimum absolute atomic E-state index is 0.534. The average molecular weight is 354 g/mol. The van der Waals surface area contributed by atoms with Gasteiger partial charge in [0.25, 0.3) is 0 Å². The molecular weight excluding hydrogens is 334 g/mol. The molecule has 128 valence electrons. The van der Waals surface area contributed by atoms with Gasteiger partial charge in [-0.1, -0.05) is 35.9 Å². The van der Waals surface area contributed by atoms with Crippen molar-refractivity contribution in [1.29, 1.82) is 0 Å². The Labute approximate surface area is 151 Å². The summed E-state index contributed by atoms with van der Waals surface area (Å²) in [6.07, 6.45) is 0. The molecule has 0 saturated carbocycles. The fraction of sp³-hybridized carbons (Fsp3) is 0.263. The Kier molecular flexibility index (Phi) is 4.19. The van der Waals surface area contributed by atoms with Crippen molar-refractivity contribution < 1.29 is 0 Å². The molecule has 25 heavy (non-hydrogen) atoms. The second-order valence-electron chi connectivity index (χ2n) is 6.44. The normalized spacial score (nSPS) is 11.8. The van der Waals surface area contributed by atoms with Gasteiger partial charge in [-0.2, -0.15) is 5.10 Å². The highest BCUT2D eigenvalue weighted by molar-refractivity contribution is 6.34. The zero-order valence-electron chi connectivity index (χ0n) is 14.4. The van der Waals surface area contributed by atoms with E-state index in [1.807, 2.05) is 35.0 Å². The first-order valence-corrected chi connectivity index (χ1v) is 8.71. The first-order chi connectivity index (χ1) is 12.1. The van der Waals surface area contributed by atoms with Crippen LogP contribution in [0.15, 0.2) is 48.5 Å². The van der Waals surface area contributed by atoms with E-state index in [1.165, 1.54) is 0 Å². The third kappa shape index (κ3) is 3.01. The summed E-state index contributed by atoms with van der Waals surface area (Å²) in [6, 6.07) is 16.3. The Morgan fingerprint density at radius 3 is 2.52 bits per heavy atom. The molecule has 6 heteroatoms. The zero-order chi connectivity index (χ0) is 17.4. The van der Waals surface area contributed by atoms with Crippen LogP contribution in [0.3, 0.4) is 0 Å². The van der Waals surface area contributed by atoms with Gasteiger partial charge in [0.15, 0.2) is 5.15 Å². The third-order valence-electron chi connectivity index (χ3n) is 4.41. The minimum Gasteiger partial charge on any atom is -0.325 e. The van der Waals surface area contributed by atoms with Gasteiger partial charge in [-0.15, -0.1) is 0 Å². The molecule has 5 nitrogen and oxygen atoms in total. The summed E-state index contributed by atoms with van der Waals surface area (Å²) < 4.78 is 4.21. The van der Waals surface area contributed by atoms with Crippen LogP contribution in [-0.4, -0.2) is 44.9 Å². The van der Waals surface area contributed by atoms with Gasteiger partial charge in [-0.05, 0) is 38.4 Å². The highest BCUT2D eigenvalue weighted by atomic mass is 35.5. The maximum absolute atomic E-state index is 6.30. The Morgan fingerprint density at radius 2 is 1.72 bits per heavy atom. The van der Waals surface area contributed by atoms with E-state index in [-0.39, 0.29) is 0 Å². The highest BCUT2D eigenvalue weighted by Crippen LogP contribution is 2.24. The topological polar surface area (TPSA) is 38.9 Å². The van der Waals surface area contributed by atoms with E-state index >= 15 is 0 Å². The van der Waals surface area contributed by atoms with Crippen molar-refractivity contribution in [2.45, 2.75) is 13.1 Å². The van der Waals surface area contributed by atoms with Crippen LogP contribution >= 0.6 is 11.6 Å². The van der Waals surface area contributed by atoms with Crippen molar-refractivity contribution in [3.63, 3.8) is 0 Å². The summed E-state index contributed by atoms with van der Waals surface area (Å²) >= 11 is 6.30. The van der Waals surface area contributed by atoms with Crippen molar-refractivity contribution in [2.75, 3.05) is 20.6 Å². The lowest BCUT2D eigenvalue weighted by Gasteiger charge is -2.13. The maximum atomic E-state index is 6.30. The lowest BCUT2D eigenvalue weighted by Crippen LogP contribution is -2.20. The van der Waals surface area contributed by atoms with Crippen LogP contribution < -0.4 is 0 Å². The molecule has 0 aliphatic heterocycles. The summed E-state index contributed by atoms with van der Waals surface area (Å²) in [7, 11) is 4.17. The van der Waals surface area contributed by atoms with Gasteiger partial charge in [0.1, 0.15) is 5.82 Å². The number of para-hydroxylation sites is 3. The summed E-state index contributed by atoms with van der Waals surface area (Å²) in [5.41, 5.74) is 3.19. The number of fused-ring (bicyclic) bond motifs is 2. The molecule has 0 unspecified atom stereocenters. The number of imidazole rings is 1. The molecule has 0 saturated heterocycles. The van der Waals surface area contributed by atoms with Crippen LogP contribution in [0.5, 0.6) is 0 Å². The van der Waals surface area contributed by atoms with Crippen LogP contribution in [0.25, 0.3) is 21.9 Å². The van der Waals surface area contributed by atoms with Crippen LogP contribution in [0.1, 0.15) is 5.82 Å². The molecule has 0 fully saturated rings. The predicted octanol–water partition coefficient (Wildman–Crippen LogP) is 3.65. The van der Waals surface area contributed by atoms with Crippen molar-refractivity contribution in [1.82, 2.24) is 24.2 Å². The van der Waals surface area contributed by atoms with Crippen LogP contribution in [-0.2, 0) is 13.1 Å². The smallest absolute Gasteiger partial charge is 0.158 e. The van der Waals surface area contributed by atoms with E-state index in [4.69, 9.17) is 16.6 Å². The SMILES string of the molecule is CN(C)CCn1c(Cn2nc(Cl)c3ccccc32)nc2ccccc21. The van der Waals surface area contributed by atoms with Gasteiger partial charge in [0.2, 0.25) is 0 Å². The Morgan fingerprint density at radius 1 is 1.00 bits per heavy atom. The van der Waals surface area contributed by atoms with E-state index < -0.39 is 0 Å². The predicted molar refractivity (Wildman–Crippen MR) is 102 cm³/mol. The Hall–Kier alpha value is -2.37. The molecule has 2 aromatic carbocycles. The van der Waals surface area contributed by atoms with E-state index in [0.717, 1.165) is 40.9 Å². The lowest BCUT2D eigenvalue weighted by atomic mass is 10.2.